The van der Waals surface area contributed by atoms with Gasteiger partial charge in [-0.25, -0.2) is 9.59 Å². The van der Waals surface area contributed by atoms with Crippen LogP contribution in [-0.4, -0.2) is 18.5 Å². The molecule has 0 N–H and O–H groups in total. The summed E-state index contributed by atoms with van der Waals surface area (Å²) < 4.78 is 10.8. The van der Waals surface area contributed by atoms with Gasteiger partial charge in [0.25, 0.3) is 0 Å². The van der Waals surface area contributed by atoms with Gasteiger partial charge in [0.2, 0.25) is 0 Å². The van der Waals surface area contributed by atoms with E-state index in [0.717, 1.165) is 17.5 Å². The Morgan fingerprint density at radius 2 is 1.76 bits per heavy atom. The predicted molar refractivity (Wildman–Crippen MR) is 111 cm³/mol. The molecule has 3 atom stereocenters. The van der Waals surface area contributed by atoms with Crippen molar-refractivity contribution in [2.75, 3.05) is 6.61 Å². The highest BCUT2D eigenvalue weighted by Gasteiger charge is 2.36. The standard InChI is InChI=1S/C25H24O4/c1-17-2-8-20(9-3-17)25(27)29-23-11-5-18(6-12-23)7-13-24(26)28-16-22-15-19-4-10-21(22)14-19/h2-13,19,21-22H,14-16H2,1H3/b13-7+. The fourth-order valence-corrected chi connectivity index (χ4v) is 3.99. The molecule has 0 saturated heterocycles. The van der Waals surface area contributed by atoms with Crippen molar-refractivity contribution in [3.05, 3.63) is 83.4 Å². The van der Waals surface area contributed by atoms with Gasteiger partial charge < -0.3 is 9.47 Å². The summed E-state index contributed by atoms with van der Waals surface area (Å²) >= 11 is 0. The van der Waals surface area contributed by atoms with Crippen LogP contribution >= 0.6 is 0 Å². The van der Waals surface area contributed by atoms with Gasteiger partial charge in [0, 0.05) is 6.08 Å². The quantitative estimate of drug-likeness (QED) is 0.303. The van der Waals surface area contributed by atoms with E-state index >= 15 is 0 Å². The largest absolute Gasteiger partial charge is 0.462 e. The van der Waals surface area contributed by atoms with Gasteiger partial charge in [-0.2, -0.15) is 0 Å². The zero-order valence-electron chi connectivity index (χ0n) is 16.4. The predicted octanol–water partition coefficient (Wildman–Crippen LogP) is 4.98. The first-order valence-electron chi connectivity index (χ1n) is 9.99. The summed E-state index contributed by atoms with van der Waals surface area (Å²) in [5, 5.41) is 0. The van der Waals surface area contributed by atoms with E-state index in [0.29, 0.717) is 35.7 Å². The summed E-state index contributed by atoms with van der Waals surface area (Å²) in [6.07, 6.45) is 10.0. The van der Waals surface area contributed by atoms with E-state index in [2.05, 4.69) is 12.2 Å². The highest BCUT2D eigenvalue weighted by atomic mass is 16.5. The molecular formula is C25H24O4. The van der Waals surface area contributed by atoms with Crippen LogP contribution in [0.5, 0.6) is 5.75 Å². The third-order valence-electron chi connectivity index (χ3n) is 5.65. The third kappa shape index (κ3) is 4.83. The van der Waals surface area contributed by atoms with Gasteiger partial charge in [0.15, 0.2) is 0 Å². The smallest absolute Gasteiger partial charge is 0.343 e. The van der Waals surface area contributed by atoms with Gasteiger partial charge in [0.1, 0.15) is 5.75 Å². The Labute approximate surface area is 170 Å². The lowest BCUT2D eigenvalue weighted by Crippen LogP contribution is -2.16. The SMILES string of the molecule is Cc1ccc(C(=O)Oc2ccc(/C=C/C(=O)OCC3CC4C=CC3C4)cc2)cc1. The van der Waals surface area contributed by atoms with Crippen molar-refractivity contribution in [1.29, 1.82) is 0 Å². The Morgan fingerprint density at radius 3 is 2.41 bits per heavy atom. The summed E-state index contributed by atoms with van der Waals surface area (Å²) in [4.78, 5) is 24.1. The van der Waals surface area contributed by atoms with E-state index < -0.39 is 5.97 Å². The monoisotopic (exact) mass is 388 g/mol. The van der Waals surface area contributed by atoms with Gasteiger partial charge in [-0.15, -0.1) is 0 Å². The number of hydrogen-bond donors (Lipinski definition) is 0. The van der Waals surface area contributed by atoms with E-state index in [1.165, 1.54) is 12.5 Å². The molecule has 2 aromatic rings. The van der Waals surface area contributed by atoms with Crippen molar-refractivity contribution in [1.82, 2.24) is 0 Å². The molecule has 0 spiro atoms. The third-order valence-corrected chi connectivity index (χ3v) is 5.65. The number of ether oxygens (including phenoxy) is 2. The first kappa shape index (κ1) is 19.2. The van der Waals surface area contributed by atoms with Crippen LogP contribution in [0, 0.1) is 24.7 Å². The van der Waals surface area contributed by atoms with Crippen molar-refractivity contribution in [2.45, 2.75) is 19.8 Å². The second-order valence-electron chi connectivity index (χ2n) is 7.83. The summed E-state index contributed by atoms with van der Waals surface area (Å²) in [5.74, 6) is 1.45. The second-order valence-corrected chi connectivity index (χ2v) is 7.83. The van der Waals surface area contributed by atoms with Crippen molar-refractivity contribution in [2.24, 2.45) is 17.8 Å². The topological polar surface area (TPSA) is 52.6 Å². The zero-order valence-corrected chi connectivity index (χ0v) is 16.4. The van der Waals surface area contributed by atoms with Crippen LogP contribution in [0.25, 0.3) is 6.08 Å². The second kappa shape index (κ2) is 8.48. The van der Waals surface area contributed by atoms with E-state index in [4.69, 9.17) is 9.47 Å². The number of fused-ring (bicyclic) bond motifs is 2. The number of benzene rings is 2. The molecule has 148 valence electrons. The van der Waals surface area contributed by atoms with E-state index in [1.54, 1.807) is 42.5 Å². The van der Waals surface area contributed by atoms with Crippen molar-refractivity contribution >= 4 is 18.0 Å². The zero-order chi connectivity index (χ0) is 20.2. The molecule has 4 nitrogen and oxygen atoms in total. The van der Waals surface area contributed by atoms with Crippen LogP contribution < -0.4 is 4.74 Å². The number of hydrogen-bond acceptors (Lipinski definition) is 4. The highest BCUT2D eigenvalue weighted by Crippen LogP contribution is 2.43. The normalized spacial score (nSPS) is 22.2. The van der Waals surface area contributed by atoms with E-state index in [9.17, 15) is 9.59 Å². The summed E-state index contributed by atoms with van der Waals surface area (Å²) in [6.45, 7) is 2.45. The van der Waals surface area contributed by atoms with Crippen molar-refractivity contribution < 1.29 is 19.1 Å². The average molecular weight is 388 g/mol. The Morgan fingerprint density at radius 1 is 1.00 bits per heavy atom. The molecular weight excluding hydrogens is 364 g/mol. The van der Waals surface area contributed by atoms with E-state index in [1.807, 2.05) is 19.1 Å². The number of allylic oxidation sites excluding steroid dienone is 2. The van der Waals surface area contributed by atoms with Crippen LogP contribution in [0.3, 0.4) is 0 Å². The first-order chi connectivity index (χ1) is 14.1. The maximum Gasteiger partial charge on any atom is 0.343 e. The molecule has 0 heterocycles. The molecule has 2 aliphatic carbocycles. The van der Waals surface area contributed by atoms with Crippen molar-refractivity contribution in [3.8, 4) is 5.75 Å². The molecule has 0 aromatic heterocycles. The van der Waals surface area contributed by atoms with Crippen LogP contribution in [0.15, 0.2) is 66.8 Å². The lowest BCUT2D eigenvalue weighted by atomic mass is 9.95. The number of carbonyl (C=O) groups is 2. The molecule has 2 bridgehead atoms. The van der Waals surface area contributed by atoms with Gasteiger partial charge in [-0.05, 0) is 73.4 Å². The molecule has 1 saturated carbocycles. The minimum atomic E-state index is -0.396. The Kier molecular flexibility index (Phi) is 5.61. The number of aryl methyl sites for hydroxylation is 1. The molecule has 4 rings (SSSR count). The van der Waals surface area contributed by atoms with Crippen molar-refractivity contribution in [3.63, 3.8) is 0 Å². The highest BCUT2D eigenvalue weighted by molar-refractivity contribution is 5.91. The fourth-order valence-electron chi connectivity index (χ4n) is 3.99. The first-order valence-corrected chi connectivity index (χ1v) is 9.99. The Hall–Kier alpha value is -3.14. The molecule has 2 aromatic carbocycles. The fraction of sp³-hybridized carbons (Fsp3) is 0.280. The molecule has 1 fully saturated rings. The number of esters is 2. The van der Waals surface area contributed by atoms with E-state index in [-0.39, 0.29) is 5.97 Å². The lowest BCUT2D eigenvalue weighted by Gasteiger charge is -2.17. The minimum Gasteiger partial charge on any atom is -0.462 e. The molecule has 0 aliphatic heterocycles. The van der Waals surface area contributed by atoms with Gasteiger partial charge in [-0.3, -0.25) is 0 Å². The van der Waals surface area contributed by atoms with Crippen LogP contribution in [0.4, 0.5) is 0 Å². The van der Waals surface area contributed by atoms with Gasteiger partial charge in [0.05, 0.1) is 12.2 Å². The molecule has 2 aliphatic rings. The summed E-state index contributed by atoms with van der Waals surface area (Å²) in [5.41, 5.74) is 2.43. The molecule has 3 unspecified atom stereocenters. The maximum absolute atomic E-state index is 12.2. The van der Waals surface area contributed by atoms with Crippen LogP contribution in [0.2, 0.25) is 0 Å². The minimum absolute atomic E-state index is 0.327. The summed E-state index contributed by atoms with van der Waals surface area (Å²) in [6, 6.07) is 14.2. The van der Waals surface area contributed by atoms with Gasteiger partial charge >= 0.3 is 11.9 Å². The van der Waals surface area contributed by atoms with Crippen LogP contribution in [-0.2, 0) is 9.53 Å². The number of rotatable bonds is 6. The molecule has 0 radical (unpaired) electrons. The Balaban J connectivity index is 1.26. The molecule has 29 heavy (non-hydrogen) atoms. The van der Waals surface area contributed by atoms with Gasteiger partial charge in [-0.1, -0.05) is 42.0 Å². The Bertz CT molecular complexity index is 938. The average Bonchev–Trinajstić information content (AvgIpc) is 3.35. The maximum atomic E-state index is 12.2. The lowest BCUT2D eigenvalue weighted by molar-refractivity contribution is -0.139. The molecule has 4 heteroatoms. The summed E-state index contributed by atoms with van der Waals surface area (Å²) in [7, 11) is 0. The number of carbonyl (C=O) groups excluding carboxylic acids is 2. The molecule has 0 amide bonds. The van der Waals surface area contributed by atoms with Crippen LogP contribution in [0.1, 0.15) is 34.3 Å².